The van der Waals surface area contributed by atoms with Crippen molar-refractivity contribution >= 4 is 29.1 Å². The Balaban J connectivity index is 2.71. The van der Waals surface area contributed by atoms with Crippen molar-refractivity contribution in [2.24, 2.45) is 5.92 Å². The minimum atomic E-state index is -0.956. The fourth-order valence-electron chi connectivity index (χ4n) is 2.69. The van der Waals surface area contributed by atoms with E-state index in [1.807, 2.05) is 20.8 Å². The quantitative estimate of drug-likeness (QED) is 0.492. The Bertz CT molecular complexity index is 770. The van der Waals surface area contributed by atoms with E-state index in [0.29, 0.717) is 17.9 Å². The summed E-state index contributed by atoms with van der Waals surface area (Å²) in [6.07, 6.45) is 0. The average Bonchev–Trinajstić information content (AvgIpc) is 2.66. The molecule has 0 saturated carbocycles. The number of benzene rings is 1. The molecule has 0 spiro atoms. The molecule has 0 fully saturated rings. The van der Waals surface area contributed by atoms with Crippen molar-refractivity contribution in [3.63, 3.8) is 0 Å². The van der Waals surface area contributed by atoms with Crippen LogP contribution in [0.3, 0.4) is 0 Å². The molecule has 0 aliphatic heterocycles. The lowest BCUT2D eigenvalue weighted by Crippen LogP contribution is -3.17. The number of nitriles is 1. The van der Waals surface area contributed by atoms with Crippen molar-refractivity contribution in [3.8, 4) is 6.07 Å². The van der Waals surface area contributed by atoms with Crippen LogP contribution in [0.25, 0.3) is 0 Å². The van der Waals surface area contributed by atoms with Gasteiger partial charge in [-0.25, -0.2) is 0 Å². The minimum absolute atomic E-state index is 0.0440. The van der Waals surface area contributed by atoms with E-state index in [1.165, 1.54) is 6.92 Å². The molecule has 3 amide bonds. The molecule has 0 aliphatic rings. The summed E-state index contributed by atoms with van der Waals surface area (Å²) < 4.78 is 0. The molecule has 4 N–H and O–H groups in total. The van der Waals surface area contributed by atoms with Crippen LogP contribution in [-0.2, 0) is 14.4 Å². The van der Waals surface area contributed by atoms with E-state index in [2.05, 4.69) is 22.0 Å². The number of carbonyl (C=O) groups is 3. The SMILES string of the molecule is CC[NH+](CC(=O)Nc1ccc(NC(C)=O)cc1)[C@H](C)C(=O)N[C@@](C)(C#N)C(C)C. The van der Waals surface area contributed by atoms with Crippen molar-refractivity contribution in [3.05, 3.63) is 24.3 Å². The lowest BCUT2D eigenvalue weighted by molar-refractivity contribution is -0.904. The first-order valence-electron chi connectivity index (χ1n) is 9.77. The second kappa shape index (κ2) is 10.6. The summed E-state index contributed by atoms with van der Waals surface area (Å²) in [6.45, 7) is 11.2. The number of hydrogen-bond acceptors (Lipinski definition) is 4. The maximum absolute atomic E-state index is 12.6. The van der Waals surface area contributed by atoms with E-state index in [4.69, 9.17) is 0 Å². The van der Waals surface area contributed by atoms with Gasteiger partial charge in [0.2, 0.25) is 5.91 Å². The number of anilines is 2. The molecular formula is C21H32N5O3+. The molecule has 0 bridgehead atoms. The fraction of sp³-hybridized carbons (Fsp3) is 0.524. The zero-order valence-corrected chi connectivity index (χ0v) is 18.1. The van der Waals surface area contributed by atoms with E-state index in [-0.39, 0.29) is 30.2 Å². The van der Waals surface area contributed by atoms with Gasteiger partial charge in [-0.3, -0.25) is 14.4 Å². The summed E-state index contributed by atoms with van der Waals surface area (Å²) in [5.41, 5.74) is 0.295. The number of rotatable bonds is 9. The third-order valence-corrected chi connectivity index (χ3v) is 5.11. The van der Waals surface area contributed by atoms with E-state index >= 15 is 0 Å². The molecule has 8 nitrogen and oxygen atoms in total. The maximum atomic E-state index is 12.6. The van der Waals surface area contributed by atoms with E-state index < -0.39 is 11.6 Å². The highest BCUT2D eigenvalue weighted by molar-refractivity contribution is 5.93. The van der Waals surface area contributed by atoms with Crippen LogP contribution < -0.4 is 20.9 Å². The summed E-state index contributed by atoms with van der Waals surface area (Å²) >= 11 is 0. The molecule has 1 aromatic rings. The first-order chi connectivity index (χ1) is 13.5. The number of hydrogen-bond donors (Lipinski definition) is 4. The summed E-state index contributed by atoms with van der Waals surface area (Å²) in [7, 11) is 0. The van der Waals surface area contributed by atoms with Gasteiger partial charge in [0, 0.05) is 18.3 Å². The largest absolute Gasteiger partial charge is 0.333 e. The number of carbonyl (C=O) groups excluding carboxylic acids is 3. The topological polar surface area (TPSA) is 116 Å². The monoisotopic (exact) mass is 402 g/mol. The maximum Gasteiger partial charge on any atom is 0.279 e. The smallest absolute Gasteiger partial charge is 0.279 e. The second-order valence-corrected chi connectivity index (χ2v) is 7.68. The van der Waals surface area contributed by atoms with E-state index in [1.54, 1.807) is 38.1 Å². The van der Waals surface area contributed by atoms with Gasteiger partial charge in [-0.1, -0.05) is 13.8 Å². The Morgan fingerprint density at radius 1 is 1.10 bits per heavy atom. The van der Waals surface area contributed by atoms with Crippen LogP contribution >= 0.6 is 0 Å². The van der Waals surface area contributed by atoms with E-state index in [9.17, 15) is 19.6 Å². The van der Waals surface area contributed by atoms with Gasteiger partial charge in [0.05, 0.1) is 12.6 Å². The van der Waals surface area contributed by atoms with Crippen molar-refractivity contribution in [2.75, 3.05) is 23.7 Å². The standard InChI is InChI=1S/C21H31N5O3/c1-7-26(15(4)20(29)25-21(6,13-22)14(2)3)12-19(28)24-18-10-8-17(9-11-18)23-16(5)27/h8-11,14-15H,7,12H2,1-6H3,(H,23,27)(H,24,28)(H,25,29)/p+1/t15-,21+/m1/s1. The number of likely N-dealkylation sites (N-methyl/N-ethyl adjacent to an activating group) is 1. The molecule has 0 radical (unpaired) electrons. The van der Waals surface area contributed by atoms with Crippen LogP contribution in [0.1, 0.15) is 41.5 Å². The van der Waals surface area contributed by atoms with Crippen LogP contribution in [0.15, 0.2) is 24.3 Å². The first-order valence-corrected chi connectivity index (χ1v) is 9.77. The Morgan fingerprint density at radius 2 is 1.62 bits per heavy atom. The number of quaternary nitrogens is 1. The predicted octanol–water partition coefficient (Wildman–Crippen LogP) is 0.931. The molecule has 1 aromatic carbocycles. The number of nitrogens with zero attached hydrogens (tertiary/aromatic N) is 1. The Hall–Kier alpha value is -2.92. The Kier molecular flexibility index (Phi) is 8.80. The highest BCUT2D eigenvalue weighted by atomic mass is 16.2. The molecule has 3 atom stereocenters. The zero-order chi connectivity index (χ0) is 22.2. The Labute approximate surface area is 172 Å². The van der Waals surface area contributed by atoms with Gasteiger partial charge >= 0.3 is 0 Å². The normalized spacial score (nSPS) is 14.8. The summed E-state index contributed by atoms with van der Waals surface area (Å²) in [6, 6.07) is 8.48. The summed E-state index contributed by atoms with van der Waals surface area (Å²) in [4.78, 5) is 36.9. The Morgan fingerprint density at radius 3 is 2.03 bits per heavy atom. The first kappa shape index (κ1) is 24.1. The average molecular weight is 403 g/mol. The predicted molar refractivity (Wildman–Crippen MR) is 112 cm³/mol. The van der Waals surface area contributed by atoms with Gasteiger partial charge < -0.3 is 20.9 Å². The van der Waals surface area contributed by atoms with Gasteiger partial charge in [-0.05, 0) is 51.0 Å². The zero-order valence-electron chi connectivity index (χ0n) is 18.1. The second-order valence-electron chi connectivity index (χ2n) is 7.68. The highest BCUT2D eigenvalue weighted by Gasteiger charge is 2.34. The van der Waals surface area contributed by atoms with Gasteiger partial charge in [-0.15, -0.1) is 0 Å². The van der Waals surface area contributed by atoms with Crippen LogP contribution in [0.5, 0.6) is 0 Å². The molecule has 0 saturated heterocycles. The molecule has 0 aromatic heterocycles. The van der Waals surface area contributed by atoms with Crippen molar-refractivity contribution in [1.29, 1.82) is 5.26 Å². The van der Waals surface area contributed by atoms with Crippen LogP contribution in [0, 0.1) is 17.2 Å². The van der Waals surface area contributed by atoms with Gasteiger partial charge in [0.15, 0.2) is 12.6 Å². The minimum Gasteiger partial charge on any atom is -0.333 e. The van der Waals surface area contributed by atoms with Crippen molar-refractivity contribution < 1.29 is 19.3 Å². The third kappa shape index (κ3) is 7.20. The van der Waals surface area contributed by atoms with Crippen LogP contribution in [0.4, 0.5) is 11.4 Å². The lowest BCUT2D eigenvalue weighted by Gasteiger charge is -2.30. The molecule has 8 heteroatoms. The lowest BCUT2D eigenvalue weighted by atomic mass is 9.89. The summed E-state index contributed by atoms with van der Waals surface area (Å²) in [5, 5.41) is 17.7. The summed E-state index contributed by atoms with van der Waals surface area (Å²) in [5.74, 6) is -0.688. The van der Waals surface area contributed by atoms with Gasteiger partial charge in [0.1, 0.15) is 5.54 Å². The molecule has 158 valence electrons. The fourth-order valence-corrected chi connectivity index (χ4v) is 2.69. The van der Waals surface area contributed by atoms with Gasteiger partial charge in [-0.2, -0.15) is 5.26 Å². The molecule has 1 rings (SSSR count). The molecule has 0 heterocycles. The van der Waals surface area contributed by atoms with Gasteiger partial charge in [0.25, 0.3) is 11.8 Å². The van der Waals surface area contributed by atoms with Crippen molar-refractivity contribution in [1.82, 2.24) is 5.32 Å². The third-order valence-electron chi connectivity index (χ3n) is 5.11. The van der Waals surface area contributed by atoms with Crippen molar-refractivity contribution in [2.45, 2.75) is 53.1 Å². The molecule has 29 heavy (non-hydrogen) atoms. The highest BCUT2D eigenvalue weighted by Crippen LogP contribution is 2.15. The molecule has 1 unspecified atom stereocenters. The molecule has 0 aliphatic carbocycles. The van der Waals surface area contributed by atoms with Crippen LogP contribution in [0.2, 0.25) is 0 Å². The van der Waals surface area contributed by atoms with Crippen LogP contribution in [-0.4, -0.2) is 42.4 Å². The van der Waals surface area contributed by atoms with E-state index in [0.717, 1.165) is 4.90 Å². The number of amides is 3. The number of nitrogens with one attached hydrogen (secondary N) is 4. The molecular weight excluding hydrogens is 370 g/mol.